The van der Waals surface area contributed by atoms with Crippen molar-refractivity contribution < 1.29 is 0 Å². The molecule has 0 bridgehead atoms. The molecular weight excluding hydrogens is 204 g/mol. The fourth-order valence-corrected chi connectivity index (χ4v) is 3.30. The second-order valence-electron chi connectivity index (χ2n) is 4.96. The third-order valence-corrected chi connectivity index (χ3v) is 4.81. The van der Waals surface area contributed by atoms with Gasteiger partial charge in [-0.1, -0.05) is 20.3 Å². The summed E-state index contributed by atoms with van der Waals surface area (Å²) in [7, 11) is 0. The molecule has 1 saturated carbocycles. The van der Waals surface area contributed by atoms with Crippen LogP contribution in [0.1, 0.15) is 33.1 Å². The molecule has 3 unspecified atom stereocenters. The van der Waals surface area contributed by atoms with Crippen LogP contribution in [0.5, 0.6) is 0 Å². The Labute approximate surface area is 98.8 Å². The Morgan fingerprint density at radius 3 is 2.67 bits per heavy atom. The Kier molecular flexibility index (Phi) is 6.02. The molecule has 0 heterocycles. The van der Waals surface area contributed by atoms with E-state index in [4.69, 9.17) is 5.73 Å². The summed E-state index contributed by atoms with van der Waals surface area (Å²) in [5.74, 6) is 1.32. The molecule has 1 aliphatic rings. The molecule has 1 fully saturated rings. The van der Waals surface area contributed by atoms with Gasteiger partial charge in [-0.2, -0.15) is 11.8 Å². The van der Waals surface area contributed by atoms with Gasteiger partial charge in [0.1, 0.15) is 0 Å². The summed E-state index contributed by atoms with van der Waals surface area (Å²) < 4.78 is 0. The van der Waals surface area contributed by atoms with Gasteiger partial charge in [-0.3, -0.25) is 0 Å². The average molecular weight is 230 g/mol. The maximum Gasteiger partial charge on any atom is 0.0198 e. The summed E-state index contributed by atoms with van der Waals surface area (Å²) in [4.78, 5) is 0. The van der Waals surface area contributed by atoms with E-state index < -0.39 is 0 Å². The number of nitrogens with one attached hydrogen (secondary N) is 1. The molecule has 0 saturated heterocycles. The zero-order valence-electron chi connectivity index (χ0n) is 10.3. The van der Waals surface area contributed by atoms with E-state index in [1.165, 1.54) is 19.3 Å². The van der Waals surface area contributed by atoms with E-state index in [2.05, 4.69) is 25.4 Å². The molecule has 90 valence electrons. The predicted octanol–water partition coefficient (Wildman–Crippen LogP) is 2.09. The molecule has 1 aliphatic carbocycles. The van der Waals surface area contributed by atoms with Crippen molar-refractivity contribution in [2.24, 2.45) is 17.6 Å². The van der Waals surface area contributed by atoms with Crippen LogP contribution in [0, 0.1) is 11.8 Å². The Hall–Kier alpha value is 0.270. The normalized spacial score (nSPS) is 28.6. The topological polar surface area (TPSA) is 38.0 Å². The van der Waals surface area contributed by atoms with Crippen molar-refractivity contribution in [3.63, 3.8) is 0 Å². The second kappa shape index (κ2) is 6.77. The minimum Gasteiger partial charge on any atom is -0.330 e. The fourth-order valence-electron chi connectivity index (χ4n) is 2.34. The average Bonchev–Trinajstić information content (AvgIpc) is 2.65. The largest absolute Gasteiger partial charge is 0.330 e. The van der Waals surface area contributed by atoms with Crippen molar-refractivity contribution in [3.05, 3.63) is 0 Å². The molecule has 0 aromatic heterocycles. The zero-order chi connectivity index (χ0) is 11.3. The van der Waals surface area contributed by atoms with Crippen molar-refractivity contribution in [2.75, 3.05) is 19.3 Å². The van der Waals surface area contributed by atoms with E-state index >= 15 is 0 Å². The molecule has 0 amide bonds. The Bertz CT molecular complexity index is 173. The van der Waals surface area contributed by atoms with E-state index in [0.717, 1.165) is 24.4 Å². The van der Waals surface area contributed by atoms with E-state index in [9.17, 15) is 0 Å². The van der Waals surface area contributed by atoms with Gasteiger partial charge in [-0.15, -0.1) is 0 Å². The van der Waals surface area contributed by atoms with Gasteiger partial charge in [0.2, 0.25) is 0 Å². The van der Waals surface area contributed by atoms with Gasteiger partial charge in [-0.25, -0.2) is 0 Å². The maximum atomic E-state index is 5.78. The standard InChI is InChI=1S/C12H26N2S/c1-9(2)10(7-13)8-14-11-5-4-6-12(11)15-3/h9-12,14H,4-8,13H2,1-3H3. The number of hydrogen-bond acceptors (Lipinski definition) is 3. The van der Waals surface area contributed by atoms with Crippen molar-refractivity contribution in [1.29, 1.82) is 0 Å². The van der Waals surface area contributed by atoms with Crippen LogP contribution in [0.25, 0.3) is 0 Å². The summed E-state index contributed by atoms with van der Waals surface area (Å²) in [5, 5.41) is 4.54. The molecular formula is C12H26N2S. The van der Waals surface area contributed by atoms with Gasteiger partial charge in [0.25, 0.3) is 0 Å². The highest BCUT2D eigenvalue weighted by molar-refractivity contribution is 7.99. The molecule has 0 aromatic carbocycles. The molecule has 2 nitrogen and oxygen atoms in total. The molecule has 3 N–H and O–H groups in total. The van der Waals surface area contributed by atoms with Gasteiger partial charge in [0, 0.05) is 11.3 Å². The fraction of sp³-hybridized carbons (Fsp3) is 1.00. The summed E-state index contributed by atoms with van der Waals surface area (Å²) >= 11 is 2.01. The van der Waals surface area contributed by atoms with Gasteiger partial charge in [0.15, 0.2) is 0 Å². The van der Waals surface area contributed by atoms with Gasteiger partial charge in [-0.05, 0) is 44.0 Å². The molecule has 0 radical (unpaired) electrons. The lowest BCUT2D eigenvalue weighted by molar-refractivity contribution is 0.351. The summed E-state index contributed by atoms with van der Waals surface area (Å²) in [6.45, 7) is 6.43. The lowest BCUT2D eigenvalue weighted by Gasteiger charge is -2.24. The van der Waals surface area contributed by atoms with Crippen LogP contribution in [-0.4, -0.2) is 30.6 Å². The minimum atomic E-state index is 0.633. The number of thioether (sulfide) groups is 1. The van der Waals surface area contributed by atoms with Crippen molar-refractivity contribution >= 4 is 11.8 Å². The first-order chi connectivity index (χ1) is 7.19. The quantitative estimate of drug-likeness (QED) is 0.734. The smallest absolute Gasteiger partial charge is 0.0198 e. The van der Waals surface area contributed by atoms with Crippen LogP contribution >= 0.6 is 11.8 Å². The SMILES string of the molecule is CSC1CCCC1NCC(CN)C(C)C. The van der Waals surface area contributed by atoms with E-state index in [1.807, 2.05) is 11.8 Å². The third kappa shape index (κ3) is 3.97. The molecule has 1 rings (SSSR count). The summed E-state index contributed by atoms with van der Waals surface area (Å²) in [5.41, 5.74) is 5.78. The first kappa shape index (κ1) is 13.3. The number of hydrogen-bond donors (Lipinski definition) is 2. The van der Waals surface area contributed by atoms with Crippen molar-refractivity contribution in [2.45, 2.75) is 44.4 Å². The van der Waals surface area contributed by atoms with Crippen LogP contribution in [0.3, 0.4) is 0 Å². The summed E-state index contributed by atoms with van der Waals surface area (Å²) in [6, 6.07) is 0.729. The van der Waals surface area contributed by atoms with Crippen LogP contribution in [-0.2, 0) is 0 Å². The van der Waals surface area contributed by atoms with Crippen LogP contribution in [0.4, 0.5) is 0 Å². The lowest BCUT2D eigenvalue weighted by atomic mass is 9.95. The van der Waals surface area contributed by atoms with Gasteiger partial charge < -0.3 is 11.1 Å². The molecule has 3 atom stereocenters. The molecule has 3 heteroatoms. The van der Waals surface area contributed by atoms with Crippen molar-refractivity contribution in [3.8, 4) is 0 Å². The second-order valence-corrected chi connectivity index (χ2v) is 6.04. The highest BCUT2D eigenvalue weighted by atomic mass is 32.2. The molecule has 0 aromatic rings. The Morgan fingerprint density at radius 2 is 2.13 bits per heavy atom. The van der Waals surface area contributed by atoms with Crippen LogP contribution < -0.4 is 11.1 Å². The van der Waals surface area contributed by atoms with Crippen LogP contribution in [0.2, 0.25) is 0 Å². The van der Waals surface area contributed by atoms with E-state index in [0.29, 0.717) is 11.8 Å². The van der Waals surface area contributed by atoms with E-state index in [-0.39, 0.29) is 0 Å². The van der Waals surface area contributed by atoms with Crippen molar-refractivity contribution in [1.82, 2.24) is 5.32 Å². The number of nitrogens with two attached hydrogens (primary N) is 1. The first-order valence-electron chi connectivity index (χ1n) is 6.15. The van der Waals surface area contributed by atoms with Crippen LogP contribution in [0.15, 0.2) is 0 Å². The van der Waals surface area contributed by atoms with E-state index in [1.54, 1.807) is 0 Å². The molecule has 15 heavy (non-hydrogen) atoms. The summed E-state index contributed by atoms with van der Waals surface area (Å²) in [6.07, 6.45) is 6.35. The first-order valence-corrected chi connectivity index (χ1v) is 7.44. The van der Waals surface area contributed by atoms with Gasteiger partial charge in [0.05, 0.1) is 0 Å². The highest BCUT2D eigenvalue weighted by Gasteiger charge is 2.26. The third-order valence-electron chi connectivity index (χ3n) is 3.64. The maximum absolute atomic E-state index is 5.78. The van der Waals surface area contributed by atoms with Gasteiger partial charge >= 0.3 is 0 Å². The Morgan fingerprint density at radius 1 is 1.40 bits per heavy atom. The lowest BCUT2D eigenvalue weighted by Crippen LogP contribution is -2.40. The molecule has 0 spiro atoms. The number of rotatable bonds is 6. The predicted molar refractivity (Wildman–Crippen MR) is 70.3 cm³/mol. The highest BCUT2D eigenvalue weighted by Crippen LogP contribution is 2.28. The molecule has 0 aliphatic heterocycles. The minimum absolute atomic E-state index is 0.633. The zero-order valence-corrected chi connectivity index (χ0v) is 11.1. The Balaban J connectivity index is 2.28. The monoisotopic (exact) mass is 230 g/mol.